The fourth-order valence-corrected chi connectivity index (χ4v) is 2.32. The molecule has 0 saturated heterocycles. The normalized spacial score (nSPS) is 14.6. The van der Waals surface area contributed by atoms with Gasteiger partial charge in [0.1, 0.15) is 5.75 Å². The van der Waals surface area contributed by atoms with Crippen molar-refractivity contribution in [3.8, 4) is 5.75 Å². The Morgan fingerprint density at radius 1 is 1.14 bits per heavy atom. The van der Waals surface area contributed by atoms with Gasteiger partial charge in [-0.1, -0.05) is 6.08 Å². The lowest BCUT2D eigenvalue weighted by atomic mass is 10.1. The van der Waals surface area contributed by atoms with Gasteiger partial charge >= 0.3 is 12.4 Å². The summed E-state index contributed by atoms with van der Waals surface area (Å²) in [4.78, 5) is 23.7. The van der Waals surface area contributed by atoms with E-state index in [0.717, 1.165) is 12.1 Å². The van der Waals surface area contributed by atoms with Gasteiger partial charge in [-0.2, -0.15) is 26.3 Å². The number of rotatable bonds is 6. The van der Waals surface area contributed by atoms with Crippen LogP contribution in [0.1, 0.15) is 35.2 Å². The molecule has 0 atom stereocenters. The zero-order chi connectivity index (χ0) is 20.9. The van der Waals surface area contributed by atoms with Crippen molar-refractivity contribution in [3.05, 3.63) is 53.3 Å². The molecule has 0 bridgehead atoms. The summed E-state index contributed by atoms with van der Waals surface area (Å²) in [5.41, 5.74) is -1.27. The van der Waals surface area contributed by atoms with Crippen LogP contribution in [0, 0.1) is 0 Å². The lowest BCUT2D eigenvalue weighted by Crippen LogP contribution is -2.24. The first kappa shape index (κ1) is 21.5. The Morgan fingerprint density at radius 2 is 1.86 bits per heavy atom. The first-order chi connectivity index (χ1) is 13.0. The molecule has 28 heavy (non-hydrogen) atoms. The number of amides is 1. The topological polar surface area (TPSA) is 55.4 Å². The van der Waals surface area contributed by atoms with Crippen LogP contribution in [0.4, 0.5) is 26.3 Å². The molecule has 0 aliphatic heterocycles. The average Bonchev–Trinajstić information content (AvgIpc) is 2.57. The van der Waals surface area contributed by atoms with Gasteiger partial charge < -0.3 is 10.1 Å². The van der Waals surface area contributed by atoms with E-state index in [1.807, 2.05) is 0 Å². The third-order valence-corrected chi connectivity index (χ3v) is 3.61. The zero-order valence-electron chi connectivity index (χ0n) is 14.3. The van der Waals surface area contributed by atoms with Gasteiger partial charge in [0.15, 0.2) is 5.78 Å². The Bertz CT molecular complexity index is 809. The lowest BCUT2D eigenvalue weighted by Gasteiger charge is -2.16. The third-order valence-electron chi connectivity index (χ3n) is 3.61. The van der Waals surface area contributed by atoms with Crippen LogP contribution in [0.2, 0.25) is 0 Å². The molecule has 0 aromatic heterocycles. The predicted molar refractivity (Wildman–Crippen MR) is 86.5 cm³/mol. The first-order valence-electron chi connectivity index (χ1n) is 8.09. The van der Waals surface area contributed by atoms with Crippen molar-refractivity contribution < 1.29 is 40.7 Å². The summed E-state index contributed by atoms with van der Waals surface area (Å²) >= 11 is 0. The summed E-state index contributed by atoms with van der Waals surface area (Å²) in [7, 11) is 0. The first-order valence-corrected chi connectivity index (χ1v) is 8.09. The van der Waals surface area contributed by atoms with Crippen LogP contribution in [0.5, 0.6) is 5.75 Å². The molecular weight excluding hydrogens is 392 g/mol. The lowest BCUT2D eigenvalue weighted by molar-refractivity contribution is -0.137. The quantitative estimate of drug-likeness (QED) is 0.555. The number of benzene rings is 1. The molecule has 0 radical (unpaired) electrons. The number of allylic oxidation sites excluding steroid dienone is 3. The van der Waals surface area contributed by atoms with Gasteiger partial charge in [0.05, 0.1) is 17.7 Å². The summed E-state index contributed by atoms with van der Waals surface area (Å²) in [6.45, 7) is -0.526. The molecule has 10 heteroatoms. The molecule has 1 amide bonds. The molecule has 152 valence electrons. The van der Waals surface area contributed by atoms with E-state index in [1.54, 1.807) is 0 Å². The van der Waals surface area contributed by atoms with Gasteiger partial charge in [0.2, 0.25) is 0 Å². The average molecular weight is 407 g/mol. The number of halogens is 6. The van der Waals surface area contributed by atoms with Crippen LogP contribution in [0.15, 0.2) is 42.1 Å². The summed E-state index contributed by atoms with van der Waals surface area (Å²) in [6.07, 6.45) is -6.54. The van der Waals surface area contributed by atoms with E-state index in [-0.39, 0.29) is 23.5 Å². The number of hydrogen-bond donors (Lipinski definition) is 1. The molecule has 1 aliphatic carbocycles. The summed E-state index contributed by atoms with van der Waals surface area (Å²) in [6, 6.07) is 2.08. The standard InChI is InChI=1S/C18H15F6NO3/c19-17(20,21)7-2-8-28-15-9-11(18(22,23)24)5-6-14(15)16(27)25-12-3-1-4-13(26)10-12/h1,3,5-6,9-10H,2,4,7-8H2,(H,25,27). The van der Waals surface area contributed by atoms with E-state index in [2.05, 4.69) is 5.32 Å². The Labute approximate surface area is 155 Å². The Morgan fingerprint density at radius 3 is 2.46 bits per heavy atom. The summed E-state index contributed by atoms with van der Waals surface area (Å²) in [5, 5.41) is 2.35. The molecule has 4 nitrogen and oxygen atoms in total. The Hall–Kier alpha value is -2.78. The molecule has 0 heterocycles. The van der Waals surface area contributed by atoms with Gasteiger partial charge in [-0.05, 0) is 30.7 Å². The number of nitrogens with one attached hydrogen (secondary N) is 1. The van der Waals surface area contributed by atoms with Crippen molar-refractivity contribution in [3.63, 3.8) is 0 Å². The van der Waals surface area contributed by atoms with E-state index < -0.39 is 49.0 Å². The van der Waals surface area contributed by atoms with Crippen LogP contribution < -0.4 is 10.1 Å². The number of ketones is 1. The molecule has 1 N–H and O–H groups in total. The molecule has 1 aromatic rings. The number of hydrogen-bond acceptors (Lipinski definition) is 3. The SMILES string of the molecule is O=C1C=C(NC(=O)c2ccc(C(F)(F)F)cc2OCCCC(F)(F)F)C=CC1. The highest BCUT2D eigenvalue weighted by Gasteiger charge is 2.32. The minimum Gasteiger partial charge on any atom is -0.493 e. The molecule has 1 aromatic carbocycles. The highest BCUT2D eigenvalue weighted by atomic mass is 19.4. The van der Waals surface area contributed by atoms with Crippen molar-refractivity contribution in [1.82, 2.24) is 5.32 Å². The minimum atomic E-state index is -4.72. The zero-order valence-corrected chi connectivity index (χ0v) is 14.3. The molecular formula is C18H15F6NO3. The number of carbonyl (C=O) groups excluding carboxylic acids is 2. The molecule has 1 aliphatic rings. The fraction of sp³-hybridized carbons (Fsp3) is 0.333. The number of ether oxygens (including phenoxy) is 1. The summed E-state index contributed by atoms with van der Waals surface area (Å²) < 4.78 is 80.3. The smallest absolute Gasteiger partial charge is 0.416 e. The van der Waals surface area contributed by atoms with Crippen molar-refractivity contribution >= 4 is 11.7 Å². The maximum Gasteiger partial charge on any atom is 0.416 e. The van der Waals surface area contributed by atoms with Crippen LogP contribution in [-0.4, -0.2) is 24.5 Å². The van der Waals surface area contributed by atoms with Crippen LogP contribution >= 0.6 is 0 Å². The molecule has 0 spiro atoms. The van der Waals surface area contributed by atoms with E-state index in [9.17, 15) is 35.9 Å². The van der Waals surface area contributed by atoms with Gasteiger partial charge in [-0.25, -0.2) is 0 Å². The van der Waals surface area contributed by atoms with E-state index in [0.29, 0.717) is 12.1 Å². The summed E-state index contributed by atoms with van der Waals surface area (Å²) in [5.74, 6) is -1.62. The highest BCUT2D eigenvalue weighted by molar-refractivity contribution is 6.00. The molecule has 0 unspecified atom stereocenters. The maximum absolute atomic E-state index is 12.9. The van der Waals surface area contributed by atoms with Crippen LogP contribution in [0.25, 0.3) is 0 Å². The van der Waals surface area contributed by atoms with E-state index >= 15 is 0 Å². The van der Waals surface area contributed by atoms with Gasteiger partial charge in [-0.3, -0.25) is 9.59 Å². The number of alkyl halides is 6. The molecule has 2 rings (SSSR count). The minimum absolute atomic E-state index is 0.143. The molecule has 0 saturated carbocycles. The Kier molecular flexibility index (Phi) is 6.52. The second kappa shape index (κ2) is 8.49. The number of carbonyl (C=O) groups is 2. The van der Waals surface area contributed by atoms with Gasteiger partial charge in [0.25, 0.3) is 5.91 Å². The Balaban J connectivity index is 2.20. The van der Waals surface area contributed by atoms with Crippen molar-refractivity contribution in [2.45, 2.75) is 31.6 Å². The fourth-order valence-electron chi connectivity index (χ4n) is 2.32. The van der Waals surface area contributed by atoms with E-state index in [4.69, 9.17) is 4.74 Å². The third kappa shape index (κ3) is 6.43. The monoisotopic (exact) mass is 407 g/mol. The van der Waals surface area contributed by atoms with Crippen molar-refractivity contribution in [1.29, 1.82) is 0 Å². The van der Waals surface area contributed by atoms with Crippen molar-refractivity contribution in [2.24, 2.45) is 0 Å². The van der Waals surface area contributed by atoms with E-state index in [1.165, 1.54) is 12.2 Å². The second-order valence-corrected chi connectivity index (χ2v) is 5.90. The largest absolute Gasteiger partial charge is 0.493 e. The van der Waals surface area contributed by atoms with Crippen LogP contribution in [0.3, 0.4) is 0 Å². The van der Waals surface area contributed by atoms with Crippen molar-refractivity contribution in [2.75, 3.05) is 6.61 Å². The van der Waals surface area contributed by atoms with Gasteiger partial charge in [-0.15, -0.1) is 0 Å². The predicted octanol–water partition coefficient (Wildman–Crippen LogP) is 4.57. The van der Waals surface area contributed by atoms with Gasteiger partial charge in [0, 0.05) is 24.6 Å². The van der Waals surface area contributed by atoms with Crippen LogP contribution in [-0.2, 0) is 11.0 Å². The maximum atomic E-state index is 12.9. The highest BCUT2D eigenvalue weighted by Crippen LogP contribution is 2.33. The molecule has 0 fully saturated rings. The second-order valence-electron chi connectivity index (χ2n) is 5.90.